The molecule has 1 aliphatic rings. The number of carbonyl (C=O) groups is 2. The molecular formula is C26H30ClNO7. The van der Waals surface area contributed by atoms with Gasteiger partial charge < -0.3 is 29.0 Å². The Kier molecular flexibility index (Phi) is 9.01. The third kappa shape index (κ3) is 5.55. The van der Waals surface area contributed by atoms with E-state index >= 15 is 0 Å². The van der Waals surface area contributed by atoms with Gasteiger partial charge in [0.15, 0.2) is 0 Å². The van der Waals surface area contributed by atoms with Crippen LogP contribution >= 0.6 is 11.6 Å². The molecule has 1 unspecified atom stereocenters. The largest absolute Gasteiger partial charge is 0.507 e. The molecule has 0 bridgehead atoms. The first-order chi connectivity index (χ1) is 16.9. The number of nitrogens with zero attached hydrogens (tertiary/aromatic N) is 1. The first-order valence-corrected chi connectivity index (χ1v) is 11.7. The van der Waals surface area contributed by atoms with Crippen molar-refractivity contribution < 1.29 is 33.6 Å². The van der Waals surface area contributed by atoms with E-state index in [-0.39, 0.29) is 46.6 Å². The average Bonchev–Trinajstić information content (AvgIpc) is 3.12. The van der Waals surface area contributed by atoms with Crippen LogP contribution in [0.4, 0.5) is 0 Å². The van der Waals surface area contributed by atoms with E-state index in [9.17, 15) is 14.7 Å². The average molecular weight is 504 g/mol. The summed E-state index contributed by atoms with van der Waals surface area (Å²) in [7, 11) is 4.37. The highest BCUT2D eigenvalue weighted by Crippen LogP contribution is 2.43. The fourth-order valence-corrected chi connectivity index (χ4v) is 4.15. The number of halogens is 1. The molecule has 0 radical (unpaired) electrons. The van der Waals surface area contributed by atoms with Crippen molar-refractivity contribution in [2.24, 2.45) is 0 Å². The number of carbonyl (C=O) groups excluding carboxylic acids is 2. The maximum Gasteiger partial charge on any atom is 0.295 e. The molecule has 2 aromatic carbocycles. The molecule has 3 rings (SSSR count). The Bertz CT molecular complexity index is 1100. The Morgan fingerprint density at radius 3 is 2.31 bits per heavy atom. The predicted octanol–water partition coefficient (Wildman–Crippen LogP) is 4.60. The van der Waals surface area contributed by atoms with Crippen molar-refractivity contribution in [2.75, 3.05) is 41.1 Å². The number of aliphatic hydroxyl groups is 1. The van der Waals surface area contributed by atoms with E-state index in [0.29, 0.717) is 17.9 Å². The number of rotatable bonds is 11. The van der Waals surface area contributed by atoms with Crippen LogP contribution in [0.1, 0.15) is 36.9 Å². The lowest BCUT2D eigenvalue weighted by Crippen LogP contribution is -2.32. The van der Waals surface area contributed by atoms with Crippen molar-refractivity contribution in [3.05, 3.63) is 58.1 Å². The van der Waals surface area contributed by atoms with Gasteiger partial charge in [0, 0.05) is 19.7 Å². The topological polar surface area (TPSA) is 94.5 Å². The molecule has 0 aliphatic carbocycles. The molecule has 1 fully saturated rings. The molecular weight excluding hydrogens is 474 g/mol. The Balaban J connectivity index is 2.13. The van der Waals surface area contributed by atoms with Gasteiger partial charge in [0.25, 0.3) is 11.7 Å². The normalized spacial score (nSPS) is 17.1. The van der Waals surface area contributed by atoms with Crippen LogP contribution in [-0.2, 0) is 14.3 Å². The lowest BCUT2D eigenvalue weighted by atomic mass is 9.95. The number of aliphatic hydroxyl groups excluding tert-OH is 1. The van der Waals surface area contributed by atoms with E-state index in [1.807, 2.05) is 0 Å². The van der Waals surface area contributed by atoms with Gasteiger partial charge in [0.2, 0.25) is 0 Å². The minimum atomic E-state index is -0.832. The highest BCUT2D eigenvalue weighted by molar-refractivity contribution is 6.46. The summed E-state index contributed by atoms with van der Waals surface area (Å²) in [6.07, 6.45) is 1.95. The third-order valence-corrected chi connectivity index (χ3v) is 6.06. The van der Waals surface area contributed by atoms with Gasteiger partial charge in [-0.2, -0.15) is 0 Å². The Morgan fingerprint density at radius 1 is 1.03 bits per heavy atom. The van der Waals surface area contributed by atoms with E-state index in [0.717, 1.165) is 12.8 Å². The lowest BCUT2D eigenvalue weighted by Gasteiger charge is -2.25. The number of ketones is 1. The van der Waals surface area contributed by atoms with Gasteiger partial charge in [-0.15, -0.1) is 0 Å². The molecule has 1 atom stereocenters. The molecule has 1 saturated heterocycles. The molecule has 35 heavy (non-hydrogen) atoms. The zero-order valence-electron chi connectivity index (χ0n) is 20.3. The van der Waals surface area contributed by atoms with Crippen LogP contribution < -0.4 is 14.2 Å². The summed E-state index contributed by atoms with van der Waals surface area (Å²) >= 11 is 6.20. The maximum atomic E-state index is 13.2. The Morgan fingerprint density at radius 2 is 1.71 bits per heavy atom. The number of methoxy groups -OCH3 is 3. The van der Waals surface area contributed by atoms with Crippen molar-refractivity contribution >= 4 is 29.1 Å². The van der Waals surface area contributed by atoms with Crippen LogP contribution in [0.5, 0.6) is 17.2 Å². The van der Waals surface area contributed by atoms with Crippen LogP contribution in [0.2, 0.25) is 5.02 Å². The molecule has 8 nitrogen and oxygen atoms in total. The number of likely N-dealkylation sites (tertiary alicyclic amines) is 1. The standard InChI is InChI=1S/C26H30ClNO7/c1-5-6-12-35-17-9-7-16(8-10-17)23-22(25(30)26(31)28(23)11-13-32-2)24(29)18-14-21(34-4)19(27)15-20(18)33-3/h7-10,14-15,23,29H,5-6,11-13H2,1-4H3/b24-22+. The number of hydrogen-bond acceptors (Lipinski definition) is 7. The number of Topliss-reactive ketones (excluding diaryl/α,β-unsaturated/α-hetero) is 1. The molecule has 0 saturated carbocycles. The zero-order valence-corrected chi connectivity index (χ0v) is 21.1. The van der Waals surface area contributed by atoms with Gasteiger partial charge in [0.1, 0.15) is 23.0 Å². The van der Waals surface area contributed by atoms with Crippen molar-refractivity contribution in [3.63, 3.8) is 0 Å². The first-order valence-electron chi connectivity index (χ1n) is 11.3. The summed E-state index contributed by atoms with van der Waals surface area (Å²) in [5, 5.41) is 11.6. The molecule has 1 aliphatic heterocycles. The summed E-state index contributed by atoms with van der Waals surface area (Å²) in [5.41, 5.74) is 0.765. The van der Waals surface area contributed by atoms with Crippen molar-refractivity contribution in [2.45, 2.75) is 25.8 Å². The van der Waals surface area contributed by atoms with Crippen LogP contribution in [0, 0.1) is 0 Å². The van der Waals surface area contributed by atoms with Gasteiger partial charge >= 0.3 is 0 Å². The molecule has 188 valence electrons. The van der Waals surface area contributed by atoms with Crippen LogP contribution in [0.3, 0.4) is 0 Å². The van der Waals surface area contributed by atoms with E-state index in [2.05, 4.69) is 6.92 Å². The summed E-state index contributed by atoms with van der Waals surface area (Å²) in [6, 6.07) is 9.26. The third-order valence-electron chi connectivity index (χ3n) is 5.77. The number of ether oxygens (including phenoxy) is 4. The molecule has 2 aromatic rings. The number of amides is 1. The zero-order chi connectivity index (χ0) is 25.5. The fraction of sp³-hybridized carbons (Fsp3) is 0.385. The van der Waals surface area contributed by atoms with E-state index in [1.54, 1.807) is 24.3 Å². The summed E-state index contributed by atoms with van der Waals surface area (Å²) < 4.78 is 21.5. The van der Waals surface area contributed by atoms with Gasteiger partial charge in [-0.05, 0) is 30.2 Å². The molecule has 1 N–H and O–H groups in total. The lowest BCUT2D eigenvalue weighted by molar-refractivity contribution is -0.140. The Hall–Kier alpha value is -3.23. The van der Waals surface area contributed by atoms with Gasteiger partial charge in [-0.1, -0.05) is 37.1 Å². The summed E-state index contributed by atoms with van der Waals surface area (Å²) in [5.74, 6) is -0.717. The van der Waals surface area contributed by atoms with E-state index in [4.69, 9.17) is 30.5 Å². The van der Waals surface area contributed by atoms with E-state index < -0.39 is 17.7 Å². The second-order valence-corrected chi connectivity index (χ2v) is 8.35. The van der Waals surface area contributed by atoms with Crippen molar-refractivity contribution in [1.29, 1.82) is 0 Å². The van der Waals surface area contributed by atoms with Gasteiger partial charge in [-0.25, -0.2) is 0 Å². The number of benzene rings is 2. The minimum Gasteiger partial charge on any atom is -0.507 e. The Labute approximate surface area is 210 Å². The maximum absolute atomic E-state index is 13.2. The summed E-state index contributed by atoms with van der Waals surface area (Å²) in [6.45, 7) is 3.07. The van der Waals surface area contributed by atoms with Gasteiger partial charge in [-0.3, -0.25) is 9.59 Å². The second-order valence-electron chi connectivity index (χ2n) is 7.94. The molecule has 0 spiro atoms. The van der Waals surface area contributed by atoms with Crippen LogP contribution in [0.25, 0.3) is 5.76 Å². The molecule has 0 aromatic heterocycles. The van der Waals surface area contributed by atoms with Crippen LogP contribution in [0.15, 0.2) is 42.0 Å². The molecule has 1 heterocycles. The van der Waals surface area contributed by atoms with Crippen LogP contribution in [-0.4, -0.2) is 62.8 Å². The van der Waals surface area contributed by atoms with Crippen molar-refractivity contribution in [1.82, 2.24) is 4.90 Å². The predicted molar refractivity (Wildman–Crippen MR) is 132 cm³/mol. The SMILES string of the molecule is CCCCOc1ccc(C2/C(=C(\O)c3cc(OC)c(Cl)cc3OC)C(=O)C(=O)N2CCOC)cc1. The monoisotopic (exact) mass is 503 g/mol. The molecule has 9 heteroatoms. The smallest absolute Gasteiger partial charge is 0.295 e. The second kappa shape index (κ2) is 12.0. The van der Waals surface area contributed by atoms with Crippen molar-refractivity contribution in [3.8, 4) is 17.2 Å². The molecule has 1 amide bonds. The van der Waals surface area contributed by atoms with Gasteiger partial charge in [0.05, 0.1) is 49.6 Å². The van der Waals surface area contributed by atoms with E-state index in [1.165, 1.54) is 38.4 Å². The highest BCUT2D eigenvalue weighted by Gasteiger charge is 2.46. The number of hydrogen-bond donors (Lipinski definition) is 1. The highest BCUT2D eigenvalue weighted by atomic mass is 35.5. The fourth-order valence-electron chi connectivity index (χ4n) is 3.92. The quantitative estimate of drug-likeness (QED) is 0.207. The minimum absolute atomic E-state index is 0.0616. The summed E-state index contributed by atoms with van der Waals surface area (Å²) in [4.78, 5) is 27.5. The first kappa shape index (κ1) is 26.4. The number of unbranched alkanes of at least 4 members (excludes halogenated alkanes) is 1.